The molecule has 1 fully saturated rings. The number of amides is 2. The molecule has 0 aromatic heterocycles. The highest BCUT2D eigenvalue weighted by atomic mass is 16.6. The predicted molar refractivity (Wildman–Crippen MR) is 108 cm³/mol. The normalized spacial score (nSPS) is 21.2. The number of hydrogen-bond donors (Lipinski definition) is 4. The molecule has 0 heterocycles. The molecule has 4 N–H and O–H groups in total. The minimum atomic E-state index is -0.526. The molecule has 0 bridgehead atoms. The van der Waals surface area contributed by atoms with Crippen molar-refractivity contribution >= 4 is 18.0 Å². The molecule has 27 heavy (non-hydrogen) atoms. The molecule has 0 radical (unpaired) electrons. The van der Waals surface area contributed by atoms with Crippen LogP contribution in [-0.2, 0) is 9.53 Å². The fourth-order valence-corrected chi connectivity index (χ4v) is 2.97. The van der Waals surface area contributed by atoms with Gasteiger partial charge in [0.05, 0.1) is 5.41 Å². The monoisotopic (exact) mass is 383 g/mol. The third-order valence-electron chi connectivity index (χ3n) is 4.55. The van der Waals surface area contributed by atoms with E-state index in [0.717, 1.165) is 25.7 Å². The van der Waals surface area contributed by atoms with Crippen LogP contribution in [0.4, 0.5) is 4.79 Å². The number of carbonyl (C=O) groups excluding carboxylic acids is 2. The molecule has 0 aromatic rings. The summed E-state index contributed by atoms with van der Waals surface area (Å²) in [6.07, 6.45) is 3.28. The average molecular weight is 384 g/mol. The van der Waals surface area contributed by atoms with E-state index in [0.29, 0.717) is 12.5 Å². The Morgan fingerprint density at radius 2 is 1.52 bits per heavy atom. The molecule has 1 aliphatic rings. The summed E-state index contributed by atoms with van der Waals surface area (Å²) in [6, 6.07) is 0.427. The number of ether oxygens (including phenoxy) is 1. The number of carbonyl (C=O) groups is 2. The summed E-state index contributed by atoms with van der Waals surface area (Å²) in [6.45, 7) is 9.84. The van der Waals surface area contributed by atoms with Crippen LogP contribution in [0, 0.1) is 5.41 Å². The Bertz CT molecular complexity index is 532. The molecule has 8 heteroatoms. The van der Waals surface area contributed by atoms with Gasteiger partial charge in [0.1, 0.15) is 5.60 Å². The highest BCUT2D eigenvalue weighted by Crippen LogP contribution is 2.19. The van der Waals surface area contributed by atoms with Crippen molar-refractivity contribution in [2.75, 3.05) is 20.6 Å². The number of hydrogen-bond acceptors (Lipinski definition) is 4. The number of alkyl carbamates (subject to hydrolysis) is 1. The summed E-state index contributed by atoms with van der Waals surface area (Å²) in [5.41, 5.74) is -1.01. The molecule has 0 saturated heterocycles. The molecule has 0 aliphatic heterocycles. The van der Waals surface area contributed by atoms with E-state index in [4.69, 9.17) is 4.74 Å². The first-order valence-electron chi connectivity index (χ1n) is 9.65. The maximum absolute atomic E-state index is 11.9. The molecule has 0 atom stereocenters. The van der Waals surface area contributed by atoms with Gasteiger partial charge in [0, 0.05) is 32.7 Å². The maximum Gasteiger partial charge on any atom is 0.407 e. The van der Waals surface area contributed by atoms with Crippen molar-refractivity contribution in [2.45, 2.75) is 78.0 Å². The average Bonchev–Trinajstić information content (AvgIpc) is 2.57. The first-order valence-corrected chi connectivity index (χ1v) is 9.65. The van der Waals surface area contributed by atoms with E-state index in [1.54, 1.807) is 14.1 Å². The lowest BCUT2D eigenvalue weighted by atomic mass is 9.91. The third-order valence-corrected chi connectivity index (χ3v) is 4.55. The van der Waals surface area contributed by atoms with E-state index in [1.165, 1.54) is 0 Å². The molecular weight excluding hydrogens is 346 g/mol. The van der Waals surface area contributed by atoms with Crippen molar-refractivity contribution in [3.05, 3.63) is 0 Å². The number of rotatable bonds is 5. The Kier molecular flexibility index (Phi) is 8.37. The Morgan fingerprint density at radius 1 is 1.00 bits per heavy atom. The van der Waals surface area contributed by atoms with Gasteiger partial charge in [-0.15, -0.1) is 0 Å². The van der Waals surface area contributed by atoms with Gasteiger partial charge in [-0.1, -0.05) is 0 Å². The molecule has 156 valence electrons. The summed E-state index contributed by atoms with van der Waals surface area (Å²) < 4.78 is 5.31. The molecular formula is C19H37N5O3. The van der Waals surface area contributed by atoms with Crippen molar-refractivity contribution in [1.29, 1.82) is 0 Å². The summed E-state index contributed by atoms with van der Waals surface area (Å²) in [5, 5.41) is 12.3. The topological polar surface area (TPSA) is 104 Å². The summed E-state index contributed by atoms with van der Waals surface area (Å²) in [7, 11) is 3.36. The highest BCUT2D eigenvalue weighted by molar-refractivity contribution is 5.84. The molecule has 1 rings (SSSR count). The van der Waals surface area contributed by atoms with Gasteiger partial charge in [0.25, 0.3) is 0 Å². The highest BCUT2D eigenvalue weighted by Gasteiger charge is 2.28. The first kappa shape index (κ1) is 23.0. The van der Waals surface area contributed by atoms with Gasteiger partial charge in [0.15, 0.2) is 5.96 Å². The molecule has 2 amide bonds. The summed E-state index contributed by atoms with van der Waals surface area (Å²) in [5.74, 6) is 0.676. The second kappa shape index (κ2) is 9.80. The first-order chi connectivity index (χ1) is 12.5. The van der Waals surface area contributed by atoms with E-state index >= 15 is 0 Å². The van der Waals surface area contributed by atoms with Crippen LogP contribution in [-0.4, -0.2) is 56.3 Å². The predicted octanol–water partition coefficient (Wildman–Crippen LogP) is 1.76. The molecule has 1 aliphatic carbocycles. The fraction of sp³-hybridized carbons (Fsp3) is 0.842. The zero-order chi connectivity index (χ0) is 20.7. The van der Waals surface area contributed by atoms with Crippen LogP contribution < -0.4 is 21.3 Å². The summed E-state index contributed by atoms with van der Waals surface area (Å²) in [4.78, 5) is 28.0. The number of guanidine groups is 1. The minimum Gasteiger partial charge on any atom is -0.444 e. The lowest BCUT2D eigenvalue weighted by molar-refractivity contribution is -0.128. The Hall–Kier alpha value is -1.99. The van der Waals surface area contributed by atoms with Gasteiger partial charge >= 0.3 is 6.09 Å². The van der Waals surface area contributed by atoms with E-state index in [2.05, 4.69) is 26.3 Å². The van der Waals surface area contributed by atoms with Crippen LogP contribution in [0.1, 0.15) is 60.3 Å². The Labute approximate surface area is 163 Å². The van der Waals surface area contributed by atoms with E-state index in [9.17, 15) is 9.59 Å². The summed E-state index contributed by atoms with van der Waals surface area (Å²) >= 11 is 0. The third kappa shape index (κ3) is 8.49. The molecule has 8 nitrogen and oxygen atoms in total. The van der Waals surface area contributed by atoms with Gasteiger partial charge in [-0.3, -0.25) is 9.79 Å². The van der Waals surface area contributed by atoms with Gasteiger partial charge in [0.2, 0.25) is 5.91 Å². The van der Waals surface area contributed by atoms with Crippen LogP contribution in [0.5, 0.6) is 0 Å². The van der Waals surface area contributed by atoms with Crippen molar-refractivity contribution in [3.63, 3.8) is 0 Å². The molecule has 0 spiro atoms. The van der Waals surface area contributed by atoms with Crippen LogP contribution in [0.15, 0.2) is 4.99 Å². The zero-order valence-electron chi connectivity index (χ0n) is 17.9. The van der Waals surface area contributed by atoms with E-state index in [1.807, 2.05) is 34.6 Å². The fourth-order valence-electron chi connectivity index (χ4n) is 2.97. The largest absolute Gasteiger partial charge is 0.444 e. The SMILES string of the molecule is CN=C(NCC(C)(C)C(=O)NC)NC1CCC(NC(=O)OC(C)(C)C)CC1. The van der Waals surface area contributed by atoms with Gasteiger partial charge in [-0.05, 0) is 60.3 Å². The standard InChI is InChI=1S/C19H37N5O3/c1-18(2,3)27-17(26)24-14-10-8-13(9-11-14)23-16(21-7)22-12-19(4,5)15(25)20-6/h13-14H,8-12H2,1-7H3,(H,20,25)(H,24,26)(H2,21,22,23). The lowest BCUT2D eigenvalue weighted by Crippen LogP contribution is -2.51. The van der Waals surface area contributed by atoms with Crippen LogP contribution in [0.3, 0.4) is 0 Å². The smallest absolute Gasteiger partial charge is 0.407 e. The van der Waals surface area contributed by atoms with Crippen LogP contribution in [0.2, 0.25) is 0 Å². The number of nitrogens with zero attached hydrogens (tertiary/aromatic N) is 1. The minimum absolute atomic E-state index is 0.0146. The second-order valence-electron chi connectivity index (χ2n) is 8.73. The van der Waals surface area contributed by atoms with Crippen molar-refractivity contribution in [2.24, 2.45) is 10.4 Å². The molecule has 1 saturated carbocycles. The zero-order valence-corrected chi connectivity index (χ0v) is 17.9. The van der Waals surface area contributed by atoms with E-state index in [-0.39, 0.29) is 24.1 Å². The van der Waals surface area contributed by atoms with Gasteiger partial charge in [-0.2, -0.15) is 0 Å². The second-order valence-corrected chi connectivity index (χ2v) is 8.73. The van der Waals surface area contributed by atoms with E-state index < -0.39 is 11.0 Å². The van der Waals surface area contributed by atoms with Crippen LogP contribution >= 0.6 is 0 Å². The quantitative estimate of drug-likeness (QED) is 0.428. The Morgan fingerprint density at radius 3 is 1.96 bits per heavy atom. The Balaban J connectivity index is 2.40. The van der Waals surface area contributed by atoms with Gasteiger partial charge < -0.3 is 26.0 Å². The van der Waals surface area contributed by atoms with Crippen molar-refractivity contribution in [3.8, 4) is 0 Å². The van der Waals surface area contributed by atoms with Crippen molar-refractivity contribution in [1.82, 2.24) is 21.3 Å². The van der Waals surface area contributed by atoms with Crippen LogP contribution in [0.25, 0.3) is 0 Å². The number of aliphatic imine (C=N–C) groups is 1. The lowest BCUT2D eigenvalue weighted by Gasteiger charge is -2.32. The van der Waals surface area contributed by atoms with Gasteiger partial charge in [-0.25, -0.2) is 4.79 Å². The van der Waals surface area contributed by atoms with Crippen molar-refractivity contribution < 1.29 is 14.3 Å². The molecule has 0 unspecified atom stereocenters. The molecule has 0 aromatic carbocycles. The number of nitrogens with one attached hydrogen (secondary N) is 4. The maximum atomic E-state index is 11.9.